The first-order valence-corrected chi connectivity index (χ1v) is 6.58. The summed E-state index contributed by atoms with van der Waals surface area (Å²) in [7, 11) is 0. The molecule has 0 bridgehead atoms. The normalized spacial score (nSPS) is 10.6. The lowest BCUT2D eigenvalue weighted by Crippen LogP contribution is -2.03. The highest BCUT2D eigenvalue weighted by atomic mass is 19.1. The molecule has 1 heterocycles. The Balaban J connectivity index is 1.64. The Hall–Kier alpha value is -2.83. The van der Waals surface area contributed by atoms with E-state index in [-0.39, 0.29) is 12.2 Å². The van der Waals surface area contributed by atoms with Crippen molar-refractivity contribution in [1.82, 2.24) is 20.2 Å². The highest BCUT2D eigenvalue weighted by Gasteiger charge is 2.09. The largest absolute Gasteiger partial charge is 0.489 e. The van der Waals surface area contributed by atoms with Crippen molar-refractivity contribution in [3.8, 4) is 5.75 Å². The molecule has 0 N–H and O–H groups in total. The van der Waals surface area contributed by atoms with Crippen LogP contribution in [0.3, 0.4) is 0 Å². The molecule has 3 aromatic rings. The minimum absolute atomic E-state index is 0.0831. The van der Waals surface area contributed by atoms with Gasteiger partial charge in [0.05, 0.1) is 12.1 Å². The first-order chi connectivity index (χ1) is 10.7. The summed E-state index contributed by atoms with van der Waals surface area (Å²) in [4.78, 5) is 0. The van der Waals surface area contributed by atoms with E-state index in [1.165, 1.54) is 24.5 Å². The van der Waals surface area contributed by atoms with Gasteiger partial charge in [-0.1, -0.05) is 18.2 Å². The molecule has 0 aliphatic heterocycles. The van der Waals surface area contributed by atoms with E-state index in [0.717, 1.165) is 5.56 Å². The molecular formula is C15H12F2N4O. The Labute approximate surface area is 125 Å². The molecule has 0 radical (unpaired) electrons. The molecule has 0 unspecified atom stereocenters. The number of aromatic nitrogens is 4. The second kappa shape index (κ2) is 6.30. The molecule has 0 atom stereocenters. The van der Waals surface area contributed by atoms with Crippen LogP contribution in [0.2, 0.25) is 0 Å². The van der Waals surface area contributed by atoms with Gasteiger partial charge >= 0.3 is 0 Å². The number of hydrogen-bond acceptors (Lipinski definition) is 4. The summed E-state index contributed by atoms with van der Waals surface area (Å²) in [5.74, 6) is -0.700. The van der Waals surface area contributed by atoms with E-state index >= 15 is 0 Å². The number of nitrogens with zero attached hydrogens (tertiary/aromatic N) is 4. The van der Waals surface area contributed by atoms with E-state index in [9.17, 15) is 8.78 Å². The third-order valence-corrected chi connectivity index (χ3v) is 3.10. The minimum Gasteiger partial charge on any atom is -0.489 e. The summed E-state index contributed by atoms with van der Waals surface area (Å²) in [6.07, 6.45) is 1.52. The molecule has 0 aliphatic carbocycles. The Bertz CT molecular complexity index is 724. The Morgan fingerprint density at radius 1 is 1.00 bits per heavy atom. The molecule has 0 fully saturated rings. The van der Waals surface area contributed by atoms with E-state index in [0.29, 0.717) is 12.3 Å². The summed E-state index contributed by atoms with van der Waals surface area (Å²) < 4.78 is 34.0. The van der Waals surface area contributed by atoms with Crippen LogP contribution in [0.1, 0.15) is 11.1 Å². The monoisotopic (exact) mass is 302 g/mol. The number of hydrogen-bond donors (Lipinski definition) is 0. The van der Waals surface area contributed by atoms with Gasteiger partial charge in [-0.2, -0.15) is 0 Å². The molecule has 7 heteroatoms. The molecule has 1 aromatic heterocycles. The molecule has 0 spiro atoms. The van der Waals surface area contributed by atoms with Crippen molar-refractivity contribution in [3.63, 3.8) is 0 Å². The van der Waals surface area contributed by atoms with Crippen LogP contribution < -0.4 is 4.74 Å². The van der Waals surface area contributed by atoms with Crippen molar-refractivity contribution in [2.45, 2.75) is 13.2 Å². The van der Waals surface area contributed by atoms with Gasteiger partial charge in [-0.05, 0) is 40.3 Å². The average Bonchev–Trinajstić information content (AvgIpc) is 3.01. The fourth-order valence-electron chi connectivity index (χ4n) is 1.96. The Morgan fingerprint density at radius 3 is 2.36 bits per heavy atom. The van der Waals surface area contributed by atoms with Gasteiger partial charge in [-0.3, -0.25) is 0 Å². The zero-order chi connectivity index (χ0) is 15.4. The summed E-state index contributed by atoms with van der Waals surface area (Å²) in [6, 6.07) is 10.9. The first kappa shape index (κ1) is 14.1. The van der Waals surface area contributed by atoms with Gasteiger partial charge < -0.3 is 4.74 Å². The SMILES string of the molecule is Fc1cccc(F)c1COc1ccc(Cn2cnnn2)cc1. The van der Waals surface area contributed by atoms with Gasteiger partial charge in [0.1, 0.15) is 30.3 Å². The molecule has 2 aromatic carbocycles. The quantitative estimate of drug-likeness (QED) is 0.727. The van der Waals surface area contributed by atoms with Gasteiger partial charge in [-0.15, -0.1) is 5.10 Å². The van der Waals surface area contributed by atoms with Gasteiger partial charge in [-0.25, -0.2) is 13.5 Å². The van der Waals surface area contributed by atoms with Crippen LogP contribution in [0.5, 0.6) is 5.75 Å². The predicted octanol–water partition coefficient (Wildman–Crippen LogP) is 2.58. The molecule has 112 valence electrons. The molecular weight excluding hydrogens is 290 g/mol. The lowest BCUT2D eigenvalue weighted by atomic mass is 10.2. The van der Waals surface area contributed by atoms with E-state index < -0.39 is 11.6 Å². The second-order valence-electron chi connectivity index (χ2n) is 4.64. The fraction of sp³-hybridized carbons (Fsp3) is 0.133. The predicted molar refractivity (Wildman–Crippen MR) is 74.1 cm³/mol. The average molecular weight is 302 g/mol. The summed E-state index contributed by atoms with van der Waals surface area (Å²) >= 11 is 0. The maximum atomic E-state index is 13.5. The lowest BCUT2D eigenvalue weighted by Gasteiger charge is -2.09. The van der Waals surface area contributed by atoms with Gasteiger partial charge in [0.2, 0.25) is 0 Å². The van der Waals surface area contributed by atoms with Crippen LogP contribution in [-0.2, 0) is 13.2 Å². The van der Waals surface area contributed by atoms with E-state index in [1.54, 1.807) is 16.8 Å². The van der Waals surface area contributed by atoms with Crippen molar-refractivity contribution in [2.24, 2.45) is 0 Å². The molecule has 0 saturated carbocycles. The smallest absolute Gasteiger partial charge is 0.138 e. The zero-order valence-corrected chi connectivity index (χ0v) is 11.5. The molecule has 3 rings (SSSR count). The van der Waals surface area contributed by atoms with E-state index in [1.807, 2.05) is 12.1 Å². The third-order valence-electron chi connectivity index (χ3n) is 3.10. The van der Waals surface area contributed by atoms with E-state index in [4.69, 9.17) is 4.74 Å². The van der Waals surface area contributed by atoms with Crippen molar-refractivity contribution in [2.75, 3.05) is 0 Å². The number of benzene rings is 2. The van der Waals surface area contributed by atoms with Crippen molar-refractivity contribution in [3.05, 3.63) is 71.6 Å². The van der Waals surface area contributed by atoms with Crippen LogP contribution in [0.4, 0.5) is 8.78 Å². The standard InChI is InChI=1S/C15H12F2N4O/c16-14-2-1-3-15(17)13(14)9-22-12-6-4-11(5-7-12)8-21-10-18-19-20-21/h1-7,10H,8-9H2. The number of ether oxygens (including phenoxy) is 1. The minimum atomic E-state index is -0.615. The van der Waals surface area contributed by atoms with Crippen LogP contribution in [-0.4, -0.2) is 20.2 Å². The van der Waals surface area contributed by atoms with Crippen LogP contribution in [0.15, 0.2) is 48.8 Å². The topological polar surface area (TPSA) is 52.8 Å². The molecule has 22 heavy (non-hydrogen) atoms. The van der Waals surface area contributed by atoms with Gasteiger partial charge in [0.15, 0.2) is 0 Å². The van der Waals surface area contributed by atoms with Crippen LogP contribution >= 0.6 is 0 Å². The van der Waals surface area contributed by atoms with Gasteiger partial charge in [0.25, 0.3) is 0 Å². The number of rotatable bonds is 5. The van der Waals surface area contributed by atoms with Crippen molar-refractivity contribution < 1.29 is 13.5 Å². The Kier molecular flexibility index (Phi) is 4.04. The zero-order valence-electron chi connectivity index (χ0n) is 11.5. The first-order valence-electron chi connectivity index (χ1n) is 6.58. The Morgan fingerprint density at radius 2 is 1.73 bits per heavy atom. The number of tetrazole rings is 1. The third kappa shape index (κ3) is 3.25. The summed E-state index contributed by atoms with van der Waals surface area (Å²) in [5.41, 5.74) is 0.900. The fourth-order valence-corrected chi connectivity index (χ4v) is 1.96. The maximum Gasteiger partial charge on any atom is 0.138 e. The molecule has 0 saturated heterocycles. The highest BCUT2D eigenvalue weighted by molar-refractivity contribution is 5.28. The molecule has 0 aliphatic rings. The van der Waals surface area contributed by atoms with Crippen molar-refractivity contribution >= 4 is 0 Å². The van der Waals surface area contributed by atoms with Gasteiger partial charge in [0, 0.05) is 0 Å². The van der Waals surface area contributed by atoms with Crippen LogP contribution in [0, 0.1) is 11.6 Å². The number of halogens is 2. The molecule has 5 nitrogen and oxygen atoms in total. The molecule has 0 amide bonds. The summed E-state index contributed by atoms with van der Waals surface area (Å²) in [6.45, 7) is 0.375. The lowest BCUT2D eigenvalue weighted by molar-refractivity contribution is 0.292. The van der Waals surface area contributed by atoms with Crippen LogP contribution in [0.25, 0.3) is 0 Å². The van der Waals surface area contributed by atoms with E-state index in [2.05, 4.69) is 15.5 Å². The highest BCUT2D eigenvalue weighted by Crippen LogP contribution is 2.17. The maximum absolute atomic E-state index is 13.5. The van der Waals surface area contributed by atoms with Crippen molar-refractivity contribution in [1.29, 1.82) is 0 Å². The summed E-state index contributed by atoms with van der Waals surface area (Å²) in [5, 5.41) is 10.9. The second-order valence-corrected chi connectivity index (χ2v) is 4.64.